The molecule has 0 radical (unpaired) electrons. The molecular formula is C35H30O11. The second-order valence-electron chi connectivity index (χ2n) is 11.7. The van der Waals surface area contributed by atoms with Gasteiger partial charge in [0.15, 0.2) is 11.6 Å². The summed E-state index contributed by atoms with van der Waals surface area (Å²) in [5.74, 6) is -6.97. The van der Waals surface area contributed by atoms with Gasteiger partial charge in [-0.2, -0.15) is 0 Å². The smallest absolute Gasteiger partial charge is 0.174 e. The van der Waals surface area contributed by atoms with E-state index < -0.39 is 46.9 Å². The lowest BCUT2D eigenvalue weighted by atomic mass is 9.65. The van der Waals surface area contributed by atoms with E-state index in [9.17, 15) is 50.4 Å². The Morgan fingerprint density at radius 2 is 1.37 bits per heavy atom. The first-order valence-electron chi connectivity index (χ1n) is 14.4. The van der Waals surface area contributed by atoms with Gasteiger partial charge in [-0.1, -0.05) is 17.7 Å². The molecule has 46 heavy (non-hydrogen) atoms. The summed E-state index contributed by atoms with van der Waals surface area (Å²) in [4.78, 5) is 27.4. The number of hydrogen-bond donors (Lipinski definition) is 8. The number of phenolic OH excluding ortho intramolecular Hbond substituents is 8. The molecule has 8 N–H and O–H groups in total. The molecule has 1 aliphatic carbocycles. The molecule has 4 atom stereocenters. The fraction of sp³-hybridized carbons (Fsp3) is 0.200. The van der Waals surface area contributed by atoms with Crippen molar-refractivity contribution in [3.63, 3.8) is 0 Å². The zero-order chi connectivity index (χ0) is 33.0. The van der Waals surface area contributed by atoms with Crippen molar-refractivity contribution < 1.29 is 55.2 Å². The number of benzene rings is 4. The fourth-order valence-electron chi connectivity index (χ4n) is 6.69. The Bertz CT molecular complexity index is 1920. The summed E-state index contributed by atoms with van der Waals surface area (Å²) in [6.07, 6.45) is 0.581. The van der Waals surface area contributed by atoms with Crippen LogP contribution in [0.25, 0.3) is 0 Å². The predicted octanol–water partition coefficient (Wildman–Crippen LogP) is 5.75. The highest BCUT2D eigenvalue weighted by Crippen LogP contribution is 2.54. The van der Waals surface area contributed by atoms with Crippen LogP contribution in [0.3, 0.4) is 0 Å². The molecule has 1 heterocycles. The topological polar surface area (TPSA) is 205 Å². The van der Waals surface area contributed by atoms with Gasteiger partial charge in [-0.15, -0.1) is 0 Å². The van der Waals surface area contributed by atoms with Crippen LogP contribution in [0.1, 0.15) is 75.1 Å². The lowest BCUT2D eigenvalue weighted by Gasteiger charge is -2.37. The van der Waals surface area contributed by atoms with Gasteiger partial charge in [-0.05, 0) is 49.2 Å². The molecule has 6 rings (SSSR count). The van der Waals surface area contributed by atoms with Gasteiger partial charge in [0.2, 0.25) is 0 Å². The van der Waals surface area contributed by atoms with Crippen molar-refractivity contribution in [3.05, 3.63) is 100 Å². The monoisotopic (exact) mass is 626 g/mol. The second kappa shape index (κ2) is 11.3. The average molecular weight is 627 g/mol. The zero-order valence-corrected chi connectivity index (χ0v) is 24.4. The number of hydrogen-bond acceptors (Lipinski definition) is 11. The lowest BCUT2D eigenvalue weighted by Crippen LogP contribution is -2.32. The molecule has 0 fully saturated rings. The Morgan fingerprint density at radius 1 is 0.717 bits per heavy atom. The van der Waals surface area contributed by atoms with Crippen molar-refractivity contribution in [1.29, 1.82) is 0 Å². The van der Waals surface area contributed by atoms with E-state index >= 15 is 0 Å². The highest BCUT2D eigenvalue weighted by molar-refractivity contribution is 6.03. The van der Waals surface area contributed by atoms with Gasteiger partial charge in [-0.3, -0.25) is 9.59 Å². The molecule has 4 aromatic rings. The standard InChI is InChI=1S/C35H30O11/c1-15-6-23(21-3-2-17(36)11-26(21)41)31(34(44)16-8-18(37)10-19(38)9-16)24(7-15)32-25(40)5-4-22(35(32)45)29-14-28(43)33-27(42)12-20(39)13-30(33)46-29/h2-5,7-13,23-24,29,31,36-42,45H,6,14H2,1H3. The van der Waals surface area contributed by atoms with Crippen LogP contribution in [0.4, 0.5) is 0 Å². The van der Waals surface area contributed by atoms with E-state index in [0.717, 1.165) is 23.8 Å². The van der Waals surface area contributed by atoms with Gasteiger partial charge in [0.1, 0.15) is 63.4 Å². The number of allylic oxidation sites excluding steroid dienone is 2. The Labute approximate surface area is 262 Å². The number of carbonyl (C=O) groups excluding carboxylic acids is 2. The van der Waals surface area contributed by atoms with E-state index in [-0.39, 0.29) is 75.3 Å². The number of ketones is 2. The Hall–Kier alpha value is -5.84. The van der Waals surface area contributed by atoms with Crippen molar-refractivity contribution in [2.75, 3.05) is 0 Å². The van der Waals surface area contributed by atoms with Crippen LogP contribution in [-0.4, -0.2) is 52.4 Å². The summed E-state index contributed by atoms with van der Waals surface area (Å²) in [5.41, 5.74) is 0.912. The van der Waals surface area contributed by atoms with Crippen molar-refractivity contribution in [2.24, 2.45) is 5.92 Å². The minimum Gasteiger partial charge on any atom is -0.508 e. The third kappa shape index (κ3) is 5.25. The predicted molar refractivity (Wildman–Crippen MR) is 163 cm³/mol. The highest BCUT2D eigenvalue weighted by atomic mass is 16.5. The molecule has 0 saturated carbocycles. The second-order valence-corrected chi connectivity index (χ2v) is 11.7. The lowest BCUT2D eigenvalue weighted by molar-refractivity contribution is 0.0841. The molecule has 11 heteroatoms. The molecule has 1 aliphatic heterocycles. The molecule has 0 aromatic heterocycles. The third-order valence-electron chi connectivity index (χ3n) is 8.62. The van der Waals surface area contributed by atoms with Crippen LogP contribution in [-0.2, 0) is 0 Å². The maximum absolute atomic E-state index is 14.3. The average Bonchev–Trinajstić information content (AvgIpc) is 2.95. The number of fused-ring (bicyclic) bond motifs is 1. The molecule has 2 aliphatic rings. The minimum atomic E-state index is -1.13. The maximum atomic E-state index is 14.3. The molecule has 0 spiro atoms. The van der Waals surface area contributed by atoms with Crippen LogP contribution in [0, 0.1) is 5.92 Å². The van der Waals surface area contributed by atoms with Gasteiger partial charge in [0, 0.05) is 58.7 Å². The van der Waals surface area contributed by atoms with Gasteiger partial charge >= 0.3 is 0 Å². The van der Waals surface area contributed by atoms with Crippen molar-refractivity contribution in [3.8, 4) is 51.7 Å². The van der Waals surface area contributed by atoms with E-state index in [1.54, 1.807) is 13.0 Å². The molecule has 4 aromatic carbocycles. The van der Waals surface area contributed by atoms with Crippen LogP contribution < -0.4 is 4.74 Å². The highest BCUT2D eigenvalue weighted by Gasteiger charge is 2.43. The molecular weight excluding hydrogens is 596 g/mol. The van der Waals surface area contributed by atoms with Crippen molar-refractivity contribution in [2.45, 2.75) is 37.7 Å². The summed E-state index contributed by atoms with van der Waals surface area (Å²) in [7, 11) is 0. The molecule has 0 saturated heterocycles. The number of carbonyl (C=O) groups is 2. The number of ether oxygens (including phenoxy) is 1. The maximum Gasteiger partial charge on any atom is 0.174 e. The summed E-state index contributed by atoms with van der Waals surface area (Å²) < 4.78 is 5.94. The first-order chi connectivity index (χ1) is 21.8. The molecule has 11 nitrogen and oxygen atoms in total. The van der Waals surface area contributed by atoms with E-state index in [1.165, 1.54) is 42.5 Å². The largest absolute Gasteiger partial charge is 0.508 e. The number of rotatable bonds is 5. The van der Waals surface area contributed by atoms with Gasteiger partial charge < -0.3 is 45.6 Å². The summed E-state index contributed by atoms with van der Waals surface area (Å²) in [6.45, 7) is 1.79. The third-order valence-corrected chi connectivity index (χ3v) is 8.62. The van der Waals surface area contributed by atoms with E-state index in [1.807, 2.05) is 0 Å². The SMILES string of the molecule is CC1=CC(c2c(O)ccc(C3CC(=O)c4c(O)cc(O)cc4O3)c2O)C(C(=O)c2cc(O)cc(O)c2)C(c2ccc(O)cc2O)C1. The van der Waals surface area contributed by atoms with E-state index in [4.69, 9.17) is 4.74 Å². The minimum absolute atomic E-state index is 0.0590. The van der Waals surface area contributed by atoms with Crippen LogP contribution in [0.15, 0.2) is 72.3 Å². The number of aromatic hydroxyl groups is 8. The summed E-state index contributed by atoms with van der Waals surface area (Å²) in [5, 5.41) is 84.3. The quantitative estimate of drug-likeness (QED) is 0.0988. The number of phenols is 8. The Morgan fingerprint density at radius 3 is 2.07 bits per heavy atom. The molecule has 0 bridgehead atoms. The first kappa shape index (κ1) is 30.2. The first-order valence-corrected chi connectivity index (χ1v) is 14.4. The molecule has 4 unspecified atom stereocenters. The molecule has 0 amide bonds. The van der Waals surface area contributed by atoms with Crippen LogP contribution in [0.5, 0.6) is 51.7 Å². The normalized spacial score (nSPS) is 20.8. The van der Waals surface area contributed by atoms with Gasteiger partial charge in [-0.25, -0.2) is 0 Å². The Balaban J connectivity index is 1.51. The van der Waals surface area contributed by atoms with Crippen molar-refractivity contribution in [1.82, 2.24) is 0 Å². The fourth-order valence-corrected chi connectivity index (χ4v) is 6.69. The van der Waals surface area contributed by atoms with E-state index in [2.05, 4.69) is 0 Å². The van der Waals surface area contributed by atoms with Gasteiger partial charge in [0.05, 0.1) is 6.42 Å². The molecule has 236 valence electrons. The number of Topliss-reactive ketones (excluding diaryl/α,β-unsaturated/α-hetero) is 2. The summed E-state index contributed by atoms with van der Waals surface area (Å²) >= 11 is 0. The van der Waals surface area contributed by atoms with E-state index in [0.29, 0.717) is 5.56 Å². The zero-order valence-electron chi connectivity index (χ0n) is 24.4. The van der Waals surface area contributed by atoms with Crippen LogP contribution >= 0.6 is 0 Å². The van der Waals surface area contributed by atoms with Crippen molar-refractivity contribution >= 4 is 11.6 Å². The van der Waals surface area contributed by atoms with Crippen LogP contribution in [0.2, 0.25) is 0 Å². The van der Waals surface area contributed by atoms with Gasteiger partial charge in [0.25, 0.3) is 0 Å². The Kier molecular flexibility index (Phi) is 7.39. The summed E-state index contributed by atoms with van der Waals surface area (Å²) in [6, 6.07) is 12.2.